The first-order valence-corrected chi connectivity index (χ1v) is 2.70. The molecule has 0 unspecified atom stereocenters. The summed E-state index contributed by atoms with van der Waals surface area (Å²) in [6.45, 7) is 0. The molecular formula is C7H5NO2. The van der Waals surface area contributed by atoms with Crippen molar-refractivity contribution in [3.63, 3.8) is 0 Å². The quantitative estimate of drug-likeness (QED) is 0.510. The smallest absolute Gasteiger partial charge is 0.254 e. The summed E-state index contributed by atoms with van der Waals surface area (Å²) in [6, 6.07) is 8.40. The molecule has 0 saturated carbocycles. The second-order valence-electron chi connectivity index (χ2n) is 1.54. The van der Waals surface area contributed by atoms with Crippen LogP contribution in [0.1, 0.15) is 5.76 Å². The van der Waals surface area contributed by atoms with Crippen LogP contribution in [0.15, 0.2) is 39.7 Å². The van der Waals surface area contributed by atoms with Gasteiger partial charge in [0.15, 0.2) is 0 Å². The molecule has 1 rings (SSSR count). The Morgan fingerprint density at radius 1 is 1.30 bits per heavy atom. The van der Waals surface area contributed by atoms with E-state index in [0.29, 0.717) is 0 Å². The standard InChI is InChI=1S/C7H5NO2/c8-6-7-4-2-1-3-5-9-10-7/h1-5H. The Hall–Kier alpha value is -1.69. The van der Waals surface area contributed by atoms with Crippen LogP contribution in [0, 0.1) is 11.3 Å². The van der Waals surface area contributed by atoms with E-state index >= 15 is 0 Å². The predicted octanol–water partition coefficient (Wildman–Crippen LogP) is 1.87. The van der Waals surface area contributed by atoms with E-state index in [9.17, 15) is 0 Å². The van der Waals surface area contributed by atoms with E-state index in [-0.39, 0.29) is 5.76 Å². The van der Waals surface area contributed by atoms with Crippen LogP contribution in [0.25, 0.3) is 0 Å². The molecule has 0 aliphatic carbocycles. The largest absolute Gasteiger partial charge is 0.297 e. The van der Waals surface area contributed by atoms with Crippen molar-refractivity contribution in [2.24, 2.45) is 0 Å². The topological polar surface area (TPSA) is 50.1 Å². The molecular weight excluding hydrogens is 130 g/mol. The average molecular weight is 135 g/mol. The van der Waals surface area contributed by atoms with Crippen molar-refractivity contribution < 1.29 is 9.15 Å². The van der Waals surface area contributed by atoms with Crippen LogP contribution in [0.5, 0.6) is 0 Å². The number of nitriles is 1. The Morgan fingerprint density at radius 2 is 2.20 bits per heavy atom. The number of rotatable bonds is 0. The van der Waals surface area contributed by atoms with Gasteiger partial charge in [-0.1, -0.05) is 12.1 Å². The first-order chi connectivity index (χ1) is 4.93. The van der Waals surface area contributed by atoms with Gasteiger partial charge in [-0.05, 0) is 12.1 Å². The maximum absolute atomic E-state index is 8.33. The highest BCUT2D eigenvalue weighted by Gasteiger charge is 1.83. The lowest BCUT2D eigenvalue weighted by molar-refractivity contribution is 0.0438. The van der Waals surface area contributed by atoms with Crippen molar-refractivity contribution in [2.75, 3.05) is 0 Å². The highest BCUT2D eigenvalue weighted by Crippen LogP contribution is 1.91. The van der Waals surface area contributed by atoms with Crippen molar-refractivity contribution in [1.82, 2.24) is 0 Å². The van der Waals surface area contributed by atoms with Gasteiger partial charge in [0.1, 0.15) is 12.3 Å². The Morgan fingerprint density at radius 3 is 3.00 bits per heavy atom. The first kappa shape index (κ1) is 6.43. The molecule has 0 aliphatic rings. The zero-order valence-corrected chi connectivity index (χ0v) is 5.15. The van der Waals surface area contributed by atoms with E-state index in [4.69, 9.17) is 5.26 Å². The predicted molar refractivity (Wildman–Crippen MR) is 33.3 cm³/mol. The normalized spacial score (nSPS) is 7.90. The molecule has 10 heavy (non-hydrogen) atoms. The van der Waals surface area contributed by atoms with Crippen LogP contribution >= 0.6 is 0 Å². The summed E-state index contributed by atoms with van der Waals surface area (Å²) < 4.78 is 8.95. The number of hydrogen-bond acceptors (Lipinski definition) is 3. The maximum Gasteiger partial charge on any atom is 0.254 e. The summed E-state index contributed by atoms with van der Waals surface area (Å²) in [6.07, 6.45) is 1.35. The van der Waals surface area contributed by atoms with Crippen LogP contribution in [0.3, 0.4) is 0 Å². The Bertz CT molecular complexity index is 258. The van der Waals surface area contributed by atoms with Gasteiger partial charge in [0.25, 0.3) is 5.76 Å². The molecule has 1 aromatic rings. The number of nitrogens with zero attached hydrogens (tertiary/aromatic N) is 1. The van der Waals surface area contributed by atoms with E-state index in [1.54, 1.807) is 24.3 Å². The lowest BCUT2D eigenvalue weighted by atomic mass is 10.4. The van der Waals surface area contributed by atoms with Crippen molar-refractivity contribution >= 4 is 0 Å². The summed E-state index contributed by atoms with van der Waals surface area (Å²) >= 11 is 0. The van der Waals surface area contributed by atoms with Crippen LogP contribution in [0.4, 0.5) is 0 Å². The molecule has 0 aromatic carbocycles. The van der Waals surface area contributed by atoms with Crippen LogP contribution in [-0.2, 0) is 0 Å². The molecule has 3 nitrogen and oxygen atoms in total. The molecule has 0 bridgehead atoms. The molecule has 0 saturated heterocycles. The first-order valence-electron chi connectivity index (χ1n) is 2.70. The highest BCUT2D eigenvalue weighted by molar-refractivity contribution is 5.12. The molecule has 0 spiro atoms. The summed E-state index contributed by atoms with van der Waals surface area (Å²) in [5.74, 6) is 0.139. The molecule has 3 heteroatoms. The zero-order chi connectivity index (χ0) is 7.23. The van der Waals surface area contributed by atoms with E-state index in [2.05, 4.69) is 9.15 Å². The molecule has 0 atom stereocenters. The third kappa shape index (κ3) is 1.67. The van der Waals surface area contributed by atoms with E-state index in [1.807, 2.05) is 0 Å². The highest BCUT2D eigenvalue weighted by atomic mass is 17.0. The molecule has 1 aromatic heterocycles. The number of hydrogen-bond donors (Lipinski definition) is 0. The van der Waals surface area contributed by atoms with Gasteiger partial charge in [0.2, 0.25) is 0 Å². The Kier molecular flexibility index (Phi) is 2.16. The fraction of sp³-hybridized carbons (Fsp3) is 0. The van der Waals surface area contributed by atoms with E-state index < -0.39 is 0 Å². The molecule has 50 valence electrons. The van der Waals surface area contributed by atoms with Crippen LogP contribution in [-0.4, -0.2) is 0 Å². The lowest BCUT2D eigenvalue weighted by Gasteiger charge is -1.78. The fourth-order valence-corrected chi connectivity index (χ4v) is 0.448. The molecule has 1 heterocycles. The van der Waals surface area contributed by atoms with Gasteiger partial charge in [-0.15, -0.1) is 0 Å². The maximum atomic E-state index is 8.33. The zero-order valence-electron chi connectivity index (χ0n) is 5.15. The minimum atomic E-state index is 0.139. The summed E-state index contributed by atoms with van der Waals surface area (Å²) in [4.78, 5) is 0. The second-order valence-corrected chi connectivity index (χ2v) is 1.54. The van der Waals surface area contributed by atoms with Gasteiger partial charge >= 0.3 is 0 Å². The van der Waals surface area contributed by atoms with E-state index in [0.717, 1.165) is 0 Å². The van der Waals surface area contributed by atoms with Gasteiger partial charge < -0.3 is 0 Å². The van der Waals surface area contributed by atoms with E-state index in [1.165, 1.54) is 12.3 Å². The van der Waals surface area contributed by atoms with Crippen molar-refractivity contribution in [3.05, 3.63) is 36.3 Å². The third-order valence-corrected chi connectivity index (χ3v) is 0.852. The molecule has 0 fully saturated rings. The van der Waals surface area contributed by atoms with Gasteiger partial charge in [-0.25, -0.2) is 0 Å². The third-order valence-electron chi connectivity index (χ3n) is 0.852. The fourth-order valence-electron chi connectivity index (χ4n) is 0.448. The Balaban J connectivity index is 3.14. The van der Waals surface area contributed by atoms with Gasteiger partial charge in [0.05, 0.1) is 0 Å². The van der Waals surface area contributed by atoms with Crippen molar-refractivity contribution in [1.29, 1.82) is 5.26 Å². The monoisotopic (exact) mass is 135 g/mol. The SMILES string of the molecule is N#Cc1cccccoo1. The lowest BCUT2D eigenvalue weighted by Crippen LogP contribution is -1.64. The van der Waals surface area contributed by atoms with Crippen LogP contribution < -0.4 is 0 Å². The van der Waals surface area contributed by atoms with Gasteiger partial charge in [-0.3, -0.25) is 9.15 Å². The summed E-state index contributed by atoms with van der Waals surface area (Å²) in [5, 5.41) is 8.33. The minimum Gasteiger partial charge on any atom is -0.297 e. The van der Waals surface area contributed by atoms with Crippen molar-refractivity contribution in [3.8, 4) is 6.07 Å². The molecule has 0 N–H and O–H groups in total. The second kappa shape index (κ2) is 3.36. The Labute approximate surface area is 57.7 Å². The molecule has 0 amide bonds. The molecule has 0 aliphatic heterocycles. The van der Waals surface area contributed by atoms with Crippen LogP contribution in [0.2, 0.25) is 0 Å². The van der Waals surface area contributed by atoms with Gasteiger partial charge in [0, 0.05) is 0 Å². The minimum absolute atomic E-state index is 0.139. The van der Waals surface area contributed by atoms with Crippen molar-refractivity contribution in [2.45, 2.75) is 0 Å². The average Bonchev–Trinajstić information content (AvgIpc) is 1.87. The summed E-state index contributed by atoms with van der Waals surface area (Å²) in [5.41, 5.74) is 0. The summed E-state index contributed by atoms with van der Waals surface area (Å²) in [7, 11) is 0. The molecule has 0 radical (unpaired) electrons. The van der Waals surface area contributed by atoms with Gasteiger partial charge in [-0.2, -0.15) is 5.26 Å².